The van der Waals surface area contributed by atoms with Crippen LogP contribution in [-0.4, -0.2) is 85.1 Å². The predicted octanol–water partition coefficient (Wildman–Crippen LogP) is 1.28. The Labute approximate surface area is 198 Å². The van der Waals surface area contributed by atoms with Gasteiger partial charge in [-0.15, -0.1) is 0 Å². The molecule has 5 N–H and O–H groups in total. The molecule has 2 aromatic heterocycles. The van der Waals surface area contributed by atoms with E-state index in [1.165, 1.54) is 7.11 Å². The number of nitrogens with two attached hydrogens (primary N) is 2. The second-order valence-corrected chi connectivity index (χ2v) is 10.5. The summed E-state index contributed by atoms with van der Waals surface area (Å²) >= 11 is 0. The lowest BCUT2D eigenvalue weighted by Gasteiger charge is -2.39. The van der Waals surface area contributed by atoms with E-state index in [-0.39, 0.29) is 16.7 Å². The Bertz CT molecular complexity index is 1300. The van der Waals surface area contributed by atoms with E-state index in [0.29, 0.717) is 47.0 Å². The number of fused-ring (bicyclic) bond motifs is 1. The van der Waals surface area contributed by atoms with Crippen molar-refractivity contribution in [2.24, 2.45) is 0 Å². The second kappa shape index (κ2) is 9.02. The van der Waals surface area contributed by atoms with Crippen LogP contribution >= 0.6 is 0 Å². The van der Waals surface area contributed by atoms with Crippen molar-refractivity contribution in [2.75, 3.05) is 58.0 Å². The zero-order valence-corrected chi connectivity index (χ0v) is 19.8. The third-order valence-electron chi connectivity index (χ3n) is 6.66. The van der Waals surface area contributed by atoms with E-state index >= 15 is 0 Å². The molecule has 2 aliphatic heterocycles. The molecule has 0 saturated carbocycles. The smallest absolute Gasteiger partial charge is 0.243 e. The van der Waals surface area contributed by atoms with Crippen molar-refractivity contribution in [3.05, 3.63) is 24.4 Å². The molecule has 0 atom stereocenters. The molecule has 0 radical (unpaired) electrons. The van der Waals surface area contributed by atoms with Crippen molar-refractivity contribution >= 4 is 32.8 Å². The molecule has 0 aliphatic carbocycles. The Morgan fingerprint density at radius 2 is 1.82 bits per heavy atom. The number of hydrogen-bond donors (Lipinski definition) is 3. The summed E-state index contributed by atoms with van der Waals surface area (Å²) in [6, 6.07) is 5.29. The van der Waals surface area contributed by atoms with Crippen LogP contribution < -0.4 is 16.2 Å². The molecule has 1 aromatic carbocycles. The molecule has 2 saturated heterocycles. The predicted molar refractivity (Wildman–Crippen MR) is 129 cm³/mol. The Kier molecular flexibility index (Phi) is 6.06. The summed E-state index contributed by atoms with van der Waals surface area (Å²) in [4.78, 5) is 13.9. The molecule has 2 fully saturated rings. The van der Waals surface area contributed by atoms with E-state index < -0.39 is 10.0 Å². The fourth-order valence-corrected chi connectivity index (χ4v) is 6.37. The number of hydrogen-bond acceptors (Lipinski definition) is 9. The summed E-state index contributed by atoms with van der Waals surface area (Å²) in [5.41, 5.74) is 13.7. The van der Waals surface area contributed by atoms with Crippen LogP contribution in [0.25, 0.3) is 22.2 Å². The first-order valence-electron chi connectivity index (χ1n) is 11.3. The Morgan fingerprint density at radius 1 is 1.09 bits per heavy atom. The Balaban J connectivity index is 1.40. The van der Waals surface area contributed by atoms with Crippen LogP contribution in [0.2, 0.25) is 0 Å². The average molecular weight is 488 g/mol. The fraction of sp³-hybridized carbons (Fsp3) is 0.455. The molecular weight excluding hydrogens is 458 g/mol. The molecule has 4 heterocycles. The summed E-state index contributed by atoms with van der Waals surface area (Å²) in [5, 5.41) is 0.605. The number of rotatable bonds is 5. The first-order chi connectivity index (χ1) is 16.4. The third-order valence-corrected chi connectivity index (χ3v) is 8.56. The van der Waals surface area contributed by atoms with Gasteiger partial charge < -0.3 is 25.9 Å². The largest absolute Gasteiger partial charge is 0.496 e. The lowest BCUT2D eigenvalue weighted by Crippen LogP contribution is -2.50. The van der Waals surface area contributed by atoms with Crippen LogP contribution in [0.4, 0.5) is 11.8 Å². The van der Waals surface area contributed by atoms with Gasteiger partial charge in [0.25, 0.3) is 0 Å². The van der Waals surface area contributed by atoms with Crippen LogP contribution in [0.5, 0.6) is 5.75 Å². The summed E-state index contributed by atoms with van der Waals surface area (Å²) in [6.45, 7) is 4.29. The molecule has 3 aromatic rings. The Hall–Kier alpha value is -2.93. The highest BCUT2D eigenvalue weighted by Gasteiger charge is 2.32. The van der Waals surface area contributed by atoms with Gasteiger partial charge in [0.15, 0.2) is 0 Å². The molecule has 5 rings (SSSR count). The minimum Gasteiger partial charge on any atom is -0.496 e. The van der Waals surface area contributed by atoms with E-state index in [1.54, 1.807) is 28.7 Å². The van der Waals surface area contributed by atoms with Gasteiger partial charge in [-0.2, -0.15) is 14.3 Å². The first-order valence-corrected chi connectivity index (χ1v) is 12.7. The van der Waals surface area contributed by atoms with Gasteiger partial charge in [-0.05, 0) is 25.0 Å². The van der Waals surface area contributed by atoms with Gasteiger partial charge in [0, 0.05) is 55.6 Å². The molecule has 34 heavy (non-hydrogen) atoms. The van der Waals surface area contributed by atoms with Gasteiger partial charge in [-0.25, -0.2) is 8.42 Å². The maximum atomic E-state index is 13.4. The summed E-state index contributed by atoms with van der Waals surface area (Å²) in [6.07, 6.45) is 3.36. The minimum absolute atomic E-state index is 0.0733. The van der Waals surface area contributed by atoms with Crippen molar-refractivity contribution in [3.8, 4) is 16.9 Å². The number of benzene rings is 1. The van der Waals surface area contributed by atoms with Gasteiger partial charge in [-0.1, -0.05) is 0 Å². The number of ether oxygens (including phenoxy) is 2. The zero-order valence-electron chi connectivity index (χ0n) is 19.0. The molecule has 0 amide bonds. The van der Waals surface area contributed by atoms with E-state index in [0.717, 1.165) is 39.1 Å². The molecule has 0 spiro atoms. The first kappa shape index (κ1) is 22.8. The Morgan fingerprint density at radius 3 is 2.53 bits per heavy atom. The maximum absolute atomic E-state index is 13.4. The number of anilines is 2. The van der Waals surface area contributed by atoms with Gasteiger partial charge in [0.1, 0.15) is 17.2 Å². The average Bonchev–Trinajstić information content (AvgIpc) is 3.28. The maximum Gasteiger partial charge on any atom is 0.243 e. The van der Waals surface area contributed by atoms with Gasteiger partial charge >= 0.3 is 0 Å². The number of nitrogen functional groups attached to an aromatic ring is 2. The summed E-state index contributed by atoms with van der Waals surface area (Å²) < 4.78 is 39.4. The number of piperidine rings is 1. The van der Waals surface area contributed by atoms with Crippen molar-refractivity contribution in [3.63, 3.8) is 0 Å². The number of H-pyrrole nitrogens is 1. The SMILES string of the molecule is COc1cc(S(=O)(=O)N2CCC(N3CCOCC3)CC2)ccc1-c1c[nH]c2nc(N)nc(N)c12. The monoisotopic (exact) mass is 487 g/mol. The van der Waals surface area contributed by atoms with E-state index in [2.05, 4.69) is 19.9 Å². The van der Waals surface area contributed by atoms with Crippen molar-refractivity contribution in [1.82, 2.24) is 24.2 Å². The van der Waals surface area contributed by atoms with Crippen LogP contribution in [0, 0.1) is 0 Å². The highest BCUT2D eigenvalue weighted by Crippen LogP contribution is 2.38. The number of sulfonamides is 1. The summed E-state index contributed by atoms with van der Waals surface area (Å²) in [7, 11) is -2.14. The summed E-state index contributed by atoms with van der Waals surface area (Å²) in [5.74, 6) is 0.728. The number of morpholine rings is 1. The highest BCUT2D eigenvalue weighted by atomic mass is 32.2. The third kappa shape index (κ3) is 4.06. The van der Waals surface area contributed by atoms with Crippen molar-refractivity contribution in [2.45, 2.75) is 23.8 Å². The molecular formula is C22H29N7O4S. The van der Waals surface area contributed by atoms with Crippen LogP contribution in [0.1, 0.15) is 12.8 Å². The second-order valence-electron chi connectivity index (χ2n) is 8.54. The van der Waals surface area contributed by atoms with Gasteiger partial charge in [0.05, 0.1) is 30.6 Å². The number of nitrogens with one attached hydrogen (secondary N) is 1. The lowest BCUT2D eigenvalue weighted by molar-refractivity contribution is 0.00610. The molecule has 12 heteroatoms. The van der Waals surface area contributed by atoms with Crippen LogP contribution in [0.3, 0.4) is 0 Å². The lowest BCUT2D eigenvalue weighted by atomic mass is 10.0. The number of nitrogens with zero attached hydrogens (tertiary/aromatic N) is 4. The standard InChI is InChI=1S/C22H29N7O4S/c1-32-18-12-15(2-3-16(18)17-13-25-21-19(17)20(23)26-22(24)27-21)34(30,31)29-6-4-14(5-7-29)28-8-10-33-11-9-28/h2-3,12-14H,4-11H2,1H3,(H5,23,24,25,26,27). The number of aromatic nitrogens is 3. The molecule has 2 aliphatic rings. The van der Waals surface area contributed by atoms with Crippen LogP contribution in [-0.2, 0) is 14.8 Å². The van der Waals surface area contributed by atoms with Crippen molar-refractivity contribution < 1.29 is 17.9 Å². The normalized spacial score (nSPS) is 19.0. The zero-order chi connectivity index (χ0) is 23.9. The van der Waals surface area contributed by atoms with Gasteiger partial charge in [0.2, 0.25) is 16.0 Å². The molecule has 11 nitrogen and oxygen atoms in total. The van der Waals surface area contributed by atoms with Crippen LogP contribution in [0.15, 0.2) is 29.3 Å². The van der Waals surface area contributed by atoms with E-state index in [9.17, 15) is 8.42 Å². The number of methoxy groups -OCH3 is 1. The fourth-order valence-electron chi connectivity index (χ4n) is 4.89. The number of aromatic amines is 1. The van der Waals surface area contributed by atoms with E-state index in [1.807, 2.05) is 0 Å². The molecule has 0 bridgehead atoms. The topological polar surface area (TPSA) is 153 Å². The molecule has 182 valence electrons. The quantitative estimate of drug-likeness (QED) is 0.483. The van der Waals surface area contributed by atoms with E-state index in [4.69, 9.17) is 20.9 Å². The van der Waals surface area contributed by atoms with Crippen molar-refractivity contribution in [1.29, 1.82) is 0 Å². The van der Waals surface area contributed by atoms with Gasteiger partial charge in [-0.3, -0.25) is 4.90 Å². The highest BCUT2D eigenvalue weighted by molar-refractivity contribution is 7.89. The molecule has 0 unspecified atom stereocenters. The minimum atomic E-state index is -3.65.